The molecule has 0 aliphatic carbocycles. The lowest BCUT2D eigenvalue weighted by Crippen LogP contribution is -2.50. The van der Waals surface area contributed by atoms with Crippen molar-refractivity contribution in [3.63, 3.8) is 0 Å². The largest absolute Gasteiger partial charge is 0.508 e. The second-order valence-electron chi connectivity index (χ2n) is 11.9. The Hall–Kier alpha value is -3.97. The van der Waals surface area contributed by atoms with Crippen molar-refractivity contribution in [2.24, 2.45) is 11.3 Å². The van der Waals surface area contributed by atoms with E-state index in [0.29, 0.717) is 0 Å². The number of carbonyl (C=O) groups excluding carboxylic acids is 2. The van der Waals surface area contributed by atoms with Crippen LogP contribution in [-0.2, 0) is 16.1 Å². The SMILES string of the molecule is CNC(=O)CC(C)(C)C(c1nc(-c2cc(F)ccc2F)cn1Cc1cc(O)cc(F)c1)N(CC1CNCC1F)C(=O)C(C)O. The second kappa shape index (κ2) is 13.3. The van der Waals surface area contributed by atoms with Crippen LogP contribution < -0.4 is 10.6 Å². The van der Waals surface area contributed by atoms with Gasteiger partial charge < -0.3 is 30.3 Å². The Balaban J connectivity index is 1.97. The van der Waals surface area contributed by atoms with Crippen molar-refractivity contribution in [1.29, 1.82) is 0 Å². The molecular weight excluding hydrogens is 582 g/mol. The van der Waals surface area contributed by atoms with E-state index >= 15 is 0 Å². The number of aromatic hydroxyl groups is 1. The Morgan fingerprint density at radius 1 is 1.16 bits per heavy atom. The van der Waals surface area contributed by atoms with Gasteiger partial charge in [0.15, 0.2) is 0 Å². The van der Waals surface area contributed by atoms with Crippen molar-refractivity contribution in [3.05, 3.63) is 71.4 Å². The fraction of sp³-hybridized carbons (Fsp3) is 0.452. The summed E-state index contributed by atoms with van der Waals surface area (Å²) in [5.74, 6) is -4.25. The predicted octanol–water partition coefficient (Wildman–Crippen LogP) is 3.69. The molecule has 9 nitrogen and oxygen atoms in total. The molecule has 4 unspecified atom stereocenters. The fourth-order valence-electron chi connectivity index (χ4n) is 5.72. The molecule has 0 saturated carbocycles. The maximum absolute atomic E-state index is 15.0. The van der Waals surface area contributed by atoms with E-state index in [2.05, 4.69) is 15.6 Å². The quantitative estimate of drug-likeness (QED) is 0.243. The van der Waals surface area contributed by atoms with Gasteiger partial charge in [-0.15, -0.1) is 0 Å². The molecule has 0 radical (unpaired) electrons. The summed E-state index contributed by atoms with van der Waals surface area (Å²) in [4.78, 5) is 32.4. The summed E-state index contributed by atoms with van der Waals surface area (Å²) in [6, 6.07) is 5.15. The van der Waals surface area contributed by atoms with Crippen LogP contribution in [0.25, 0.3) is 11.3 Å². The first-order valence-electron chi connectivity index (χ1n) is 14.2. The highest BCUT2D eigenvalue weighted by molar-refractivity contribution is 5.81. The average molecular weight is 620 g/mol. The van der Waals surface area contributed by atoms with Gasteiger partial charge >= 0.3 is 0 Å². The Labute approximate surface area is 252 Å². The van der Waals surface area contributed by atoms with Gasteiger partial charge in [0.25, 0.3) is 5.91 Å². The molecule has 4 atom stereocenters. The average Bonchev–Trinajstić information content (AvgIpc) is 3.53. The lowest BCUT2D eigenvalue weighted by atomic mass is 9.78. The van der Waals surface area contributed by atoms with Gasteiger partial charge in [-0.1, -0.05) is 13.8 Å². The van der Waals surface area contributed by atoms with Crippen LogP contribution in [0.1, 0.15) is 44.6 Å². The minimum atomic E-state index is -1.51. The first-order chi connectivity index (χ1) is 20.7. The third-order valence-electron chi connectivity index (χ3n) is 7.83. The molecule has 1 saturated heterocycles. The van der Waals surface area contributed by atoms with Crippen molar-refractivity contribution >= 4 is 11.8 Å². The number of benzene rings is 2. The number of alkyl halides is 1. The van der Waals surface area contributed by atoms with Gasteiger partial charge in [0.05, 0.1) is 11.7 Å². The van der Waals surface area contributed by atoms with E-state index < -0.39 is 53.0 Å². The van der Waals surface area contributed by atoms with Gasteiger partial charge in [0, 0.05) is 68.8 Å². The van der Waals surface area contributed by atoms with Crippen LogP contribution in [0.5, 0.6) is 5.75 Å². The molecule has 3 aromatic rings. The number of nitrogens with one attached hydrogen (secondary N) is 2. The number of carbonyl (C=O) groups is 2. The molecule has 1 aliphatic heterocycles. The molecule has 1 aromatic heterocycles. The summed E-state index contributed by atoms with van der Waals surface area (Å²) in [6.07, 6.45) is -1.55. The number of aliphatic hydroxyl groups is 1. The topological polar surface area (TPSA) is 120 Å². The van der Waals surface area contributed by atoms with Crippen LogP contribution in [0.3, 0.4) is 0 Å². The number of rotatable bonds is 11. The Morgan fingerprint density at radius 2 is 1.89 bits per heavy atom. The highest BCUT2D eigenvalue weighted by Gasteiger charge is 2.45. The van der Waals surface area contributed by atoms with Crippen LogP contribution in [0, 0.1) is 28.8 Å². The molecule has 1 aliphatic rings. The molecule has 238 valence electrons. The summed E-state index contributed by atoms with van der Waals surface area (Å²) in [6.45, 7) is 4.71. The molecule has 2 amide bonds. The molecule has 4 rings (SSSR count). The zero-order valence-electron chi connectivity index (χ0n) is 25.0. The van der Waals surface area contributed by atoms with Gasteiger partial charge in [-0.25, -0.2) is 22.5 Å². The van der Waals surface area contributed by atoms with Gasteiger partial charge in [0.2, 0.25) is 5.91 Å². The van der Waals surface area contributed by atoms with E-state index in [1.165, 1.54) is 41.8 Å². The third-order valence-corrected chi connectivity index (χ3v) is 7.83. The summed E-state index contributed by atoms with van der Waals surface area (Å²) < 4.78 is 59.9. The molecule has 4 N–H and O–H groups in total. The number of nitrogens with zero attached hydrogens (tertiary/aromatic N) is 3. The zero-order valence-corrected chi connectivity index (χ0v) is 25.0. The number of amides is 2. The fourth-order valence-corrected chi connectivity index (χ4v) is 5.72. The number of aliphatic hydroxyl groups excluding tert-OH is 1. The van der Waals surface area contributed by atoms with Crippen LogP contribution in [0.4, 0.5) is 17.6 Å². The zero-order chi connectivity index (χ0) is 32.3. The second-order valence-corrected chi connectivity index (χ2v) is 11.9. The highest BCUT2D eigenvalue weighted by Crippen LogP contribution is 2.43. The highest BCUT2D eigenvalue weighted by atomic mass is 19.1. The van der Waals surface area contributed by atoms with E-state index in [0.717, 1.165) is 24.3 Å². The monoisotopic (exact) mass is 619 g/mol. The number of hydrogen-bond donors (Lipinski definition) is 4. The normalized spacial score (nSPS) is 18.2. The molecule has 13 heteroatoms. The van der Waals surface area contributed by atoms with E-state index in [-0.39, 0.29) is 66.9 Å². The molecular formula is C31H37F4N5O4. The van der Waals surface area contributed by atoms with Crippen LogP contribution in [-0.4, -0.2) is 75.4 Å². The number of phenols is 1. The standard InChI is InChI=1S/C31H37F4N5O4/c1-17(41)30(44)40(15-19-12-37-13-25(19)35)28(31(2,3)11-27(43)36-4)29-38-26(23-10-20(32)5-6-24(23)34)16-39(29)14-18-7-21(33)9-22(42)8-18/h5-10,16-17,19,25,28,37,41-42H,11-15H2,1-4H3,(H,36,43). The van der Waals surface area contributed by atoms with Gasteiger partial charge in [-0.05, 0) is 42.8 Å². The number of hydrogen-bond acceptors (Lipinski definition) is 6. The van der Waals surface area contributed by atoms with Crippen LogP contribution in [0.15, 0.2) is 42.6 Å². The summed E-state index contributed by atoms with van der Waals surface area (Å²) in [5.41, 5.74) is -1.05. The van der Waals surface area contributed by atoms with E-state index in [4.69, 9.17) is 0 Å². The maximum Gasteiger partial charge on any atom is 0.251 e. The predicted molar refractivity (Wildman–Crippen MR) is 155 cm³/mol. The summed E-state index contributed by atoms with van der Waals surface area (Å²) in [5, 5.41) is 26.0. The lowest BCUT2D eigenvalue weighted by molar-refractivity contribution is -0.147. The van der Waals surface area contributed by atoms with E-state index in [1.807, 2.05) is 0 Å². The number of aromatic nitrogens is 2. The summed E-state index contributed by atoms with van der Waals surface area (Å²) >= 11 is 0. The molecule has 44 heavy (non-hydrogen) atoms. The number of imidazole rings is 1. The van der Waals surface area contributed by atoms with E-state index in [1.54, 1.807) is 13.8 Å². The molecule has 2 heterocycles. The van der Waals surface area contributed by atoms with Crippen molar-refractivity contribution in [2.45, 2.75) is 52.1 Å². The number of halogens is 4. The van der Waals surface area contributed by atoms with Gasteiger partial charge in [-0.3, -0.25) is 9.59 Å². The molecule has 0 spiro atoms. The minimum Gasteiger partial charge on any atom is -0.508 e. The molecule has 2 aromatic carbocycles. The Bertz CT molecular complexity index is 1490. The van der Waals surface area contributed by atoms with E-state index in [9.17, 15) is 37.4 Å². The minimum absolute atomic E-state index is 0.0197. The summed E-state index contributed by atoms with van der Waals surface area (Å²) in [7, 11) is 1.45. The van der Waals surface area contributed by atoms with Crippen molar-refractivity contribution in [2.75, 3.05) is 26.7 Å². The van der Waals surface area contributed by atoms with Crippen molar-refractivity contribution in [1.82, 2.24) is 25.1 Å². The Morgan fingerprint density at radius 3 is 2.50 bits per heavy atom. The third kappa shape index (κ3) is 7.39. The Kier molecular flexibility index (Phi) is 9.99. The van der Waals surface area contributed by atoms with Gasteiger partial charge in [0.1, 0.15) is 41.3 Å². The van der Waals surface area contributed by atoms with Crippen LogP contribution in [0.2, 0.25) is 0 Å². The molecule has 0 bridgehead atoms. The first kappa shape index (κ1) is 32.9. The van der Waals surface area contributed by atoms with Gasteiger partial charge in [-0.2, -0.15) is 0 Å². The lowest BCUT2D eigenvalue weighted by Gasteiger charge is -2.43. The maximum atomic E-state index is 15.0. The first-order valence-corrected chi connectivity index (χ1v) is 14.2. The van der Waals surface area contributed by atoms with Crippen molar-refractivity contribution in [3.8, 4) is 17.0 Å². The number of phenolic OH excluding ortho intramolecular Hbond substituents is 1. The van der Waals surface area contributed by atoms with Crippen LogP contribution >= 0.6 is 0 Å². The molecule has 1 fully saturated rings. The smallest absolute Gasteiger partial charge is 0.251 e. The van der Waals surface area contributed by atoms with Crippen molar-refractivity contribution < 1.29 is 37.4 Å².